The Kier molecular flexibility index (Phi) is 3.08. The largest absolute Gasteiger partial charge is 0.379 e. The standard InChI is InChI=1S/C15H13BrFN/c16-12-5-6-15(14(17)9-12)18-13-7-10-3-1-2-4-11(10)8-13/h1-6,9,13,18H,7-8H2. The summed E-state index contributed by atoms with van der Waals surface area (Å²) in [6.07, 6.45) is 1.93. The highest BCUT2D eigenvalue weighted by Crippen LogP contribution is 2.26. The van der Waals surface area contributed by atoms with Gasteiger partial charge in [0.1, 0.15) is 5.82 Å². The van der Waals surface area contributed by atoms with Crippen LogP contribution in [0.4, 0.5) is 10.1 Å². The van der Waals surface area contributed by atoms with Gasteiger partial charge in [-0.2, -0.15) is 0 Å². The SMILES string of the molecule is Fc1cc(Br)ccc1NC1Cc2ccccc2C1. The predicted octanol–water partition coefficient (Wildman–Crippen LogP) is 4.17. The average Bonchev–Trinajstić information content (AvgIpc) is 2.75. The molecule has 1 aliphatic rings. The summed E-state index contributed by atoms with van der Waals surface area (Å²) in [5.74, 6) is -0.208. The van der Waals surface area contributed by atoms with Crippen LogP contribution in [0.5, 0.6) is 0 Å². The minimum Gasteiger partial charge on any atom is -0.379 e. The van der Waals surface area contributed by atoms with Crippen LogP contribution >= 0.6 is 15.9 Å². The zero-order chi connectivity index (χ0) is 12.5. The predicted molar refractivity (Wildman–Crippen MR) is 75.4 cm³/mol. The maximum Gasteiger partial charge on any atom is 0.147 e. The van der Waals surface area contributed by atoms with Crippen molar-refractivity contribution in [3.8, 4) is 0 Å². The number of hydrogen-bond donors (Lipinski definition) is 1. The van der Waals surface area contributed by atoms with Gasteiger partial charge in [0.25, 0.3) is 0 Å². The van der Waals surface area contributed by atoms with Gasteiger partial charge in [-0.15, -0.1) is 0 Å². The van der Waals surface area contributed by atoms with E-state index in [4.69, 9.17) is 0 Å². The molecule has 0 saturated carbocycles. The first-order valence-electron chi connectivity index (χ1n) is 6.01. The van der Waals surface area contributed by atoms with Crippen molar-refractivity contribution in [2.75, 3.05) is 5.32 Å². The summed E-state index contributed by atoms with van der Waals surface area (Å²) < 4.78 is 14.5. The van der Waals surface area contributed by atoms with E-state index in [1.54, 1.807) is 6.07 Å². The molecule has 1 nitrogen and oxygen atoms in total. The van der Waals surface area contributed by atoms with E-state index in [1.165, 1.54) is 17.2 Å². The van der Waals surface area contributed by atoms with Crippen molar-refractivity contribution >= 4 is 21.6 Å². The molecule has 0 saturated heterocycles. The second-order valence-corrected chi connectivity index (χ2v) is 5.56. The highest BCUT2D eigenvalue weighted by atomic mass is 79.9. The molecule has 0 unspecified atom stereocenters. The molecular weight excluding hydrogens is 293 g/mol. The Balaban J connectivity index is 1.76. The molecule has 3 heteroatoms. The number of rotatable bonds is 2. The fourth-order valence-electron chi connectivity index (χ4n) is 2.49. The summed E-state index contributed by atoms with van der Waals surface area (Å²) in [6.45, 7) is 0. The number of halogens is 2. The molecule has 0 aromatic heterocycles. The molecule has 0 bridgehead atoms. The third kappa shape index (κ3) is 2.27. The molecule has 92 valence electrons. The average molecular weight is 306 g/mol. The molecule has 18 heavy (non-hydrogen) atoms. The zero-order valence-electron chi connectivity index (χ0n) is 9.79. The van der Waals surface area contributed by atoms with Gasteiger partial charge in [0, 0.05) is 10.5 Å². The molecule has 2 aromatic carbocycles. The van der Waals surface area contributed by atoms with Gasteiger partial charge in [-0.3, -0.25) is 0 Å². The molecule has 1 aliphatic carbocycles. The summed E-state index contributed by atoms with van der Waals surface area (Å²) in [4.78, 5) is 0. The molecule has 0 spiro atoms. The number of fused-ring (bicyclic) bond motifs is 1. The first-order chi connectivity index (χ1) is 8.72. The van der Waals surface area contributed by atoms with Crippen LogP contribution in [-0.2, 0) is 12.8 Å². The summed E-state index contributed by atoms with van der Waals surface area (Å²) in [7, 11) is 0. The Hall–Kier alpha value is -1.35. The molecule has 0 amide bonds. The van der Waals surface area contributed by atoms with Gasteiger partial charge in [0.05, 0.1) is 5.69 Å². The van der Waals surface area contributed by atoms with E-state index < -0.39 is 0 Å². The van der Waals surface area contributed by atoms with Gasteiger partial charge in [-0.25, -0.2) is 4.39 Å². The monoisotopic (exact) mass is 305 g/mol. The summed E-state index contributed by atoms with van der Waals surface area (Å²) in [5, 5.41) is 3.29. The van der Waals surface area contributed by atoms with Gasteiger partial charge in [-0.05, 0) is 42.2 Å². The van der Waals surface area contributed by atoms with Crippen LogP contribution in [0.25, 0.3) is 0 Å². The second-order valence-electron chi connectivity index (χ2n) is 4.64. The molecule has 0 radical (unpaired) electrons. The lowest BCUT2D eigenvalue weighted by atomic mass is 10.1. The fraction of sp³-hybridized carbons (Fsp3) is 0.200. The topological polar surface area (TPSA) is 12.0 Å². The second kappa shape index (κ2) is 4.73. The highest BCUT2D eigenvalue weighted by Gasteiger charge is 2.21. The number of anilines is 1. The van der Waals surface area contributed by atoms with Gasteiger partial charge in [0.15, 0.2) is 0 Å². The lowest BCUT2D eigenvalue weighted by molar-refractivity contribution is 0.624. The Morgan fingerprint density at radius 2 is 1.72 bits per heavy atom. The number of benzene rings is 2. The summed E-state index contributed by atoms with van der Waals surface area (Å²) >= 11 is 3.26. The van der Waals surface area contributed by atoms with Crippen LogP contribution < -0.4 is 5.32 Å². The van der Waals surface area contributed by atoms with Gasteiger partial charge < -0.3 is 5.32 Å². The van der Waals surface area contributed by atoms with Crippen molar-refractivity contribution < 1.29 is 4.39 Å². The minimum atomic E-state index is -0.208. The Labute approximate surface area is 114 Å². The number of nitrogens with one attached hydrogen (secondary N) is 1. The smallest absolute Gasteiger partial charge is 0.147 e. The minimum absolute atomic E-state index is 0.208. The van der Waals surface area contributed by atoms with E-state index in [2.05, 4.69) is 45.5 Å². The lowest BCUT2D eigenvalue weighted by Gasteiger charge is -2.14. The van der Waals surface area contributed by atoms with E-state index in [0.29, 0.717) is 5.69 Å². The van der Waals surface area contributed by atoms with E-state index in [1.807, 2.05) is 6.07 Å². The van der Waals surface area contributed by atoms with Crippen LogP contribution in [0.15, 0.2) is 46.9 Å². The van der Waals surface area contributed by atoms with Crippen molar-refractivity contribution in [1.82, 2.24) is 0 Å². The Bertz CT molecular complexity index is 557. The normalized spacial score (nSPS) is 14.6. The molecule has 0 atom stereocenters. The van der Waals surface area contributed by atoms with Crippen LogP contribution in [0.3, 0.4) is 0 Å². The van der Waals surface area contributed by atoms with Crippen LogP contribution in [-0.4, -0.2) is 6.04 Å². The molecule has 1 N–H and O–H groups in total. The van der Waals surface area contributed by atoms with E-state index in [9.17, 15) is 4.39 Å². The fourth-order valence-corrected chi connectivity index (χ4v) is 2.82. The van der Waals surface area contributed by atoms with E-state index in [0.717, 1.165) is 17.3 Å². The molecule has 2 aromatic rings. The van der Waals surface area contributed by atoms with Crippen LogP contribution in [0.2, 0.25) is 0 Å². The van der Waals surface area contributed by atoms with Crippen molar-refractivity contribution in [3.63, 3.8) is 0 Å². The summed E-state index contributed by atoms with van der Waals surface area (Å²) in [5.41, 5.74) is 3.32. The lowest BCUT2D eigenvalue weighted by Crippen LogP contribution is -2.20. The van der Waals surface area contributed by atoms with E-state index in [-0.39, 0.29) is 11.9 Å². The molecule has 0 aliphatic heterocycles. The maximum atomic E-state index is 13.7. The molecular formula is C15H13BrFN. The molecule has 0 fully saturated rings. The van der Waals surface area contributed by atoms with Crippen LogP contribution in [0.1, 0.15) is 11.1 Å². The van der Waals surface area contributed by atoms with Crippen molar-refractivity contribution in [3.05, 3.63) is 63.9 Å². The third-order valence-electron chi connectivity index (χ3n) is 3.34. The number of hydrogen-bond acceptors (Lipinski definition) is 1. The van der Waals surface area contributed by atoms with Crippen molar-refractivity contribution in [1.29, 1.82) is 0 Å². The Morgan fingerprint density at radius 1 is 1.06 bits per heavy atom. The zero-order valence-corrected chi connectivity index (χ0v) is 11.4. The van der Waals surface area contributed by atoms with Gasteiger partial charge in [-0.1, -0.05) is 40.2 Å². The molecule has 0 heterocycles. The van der Waals surface area contributed by atoms with Crippen LogP contribution in [0, 0.1) is 5.82 Å². The van der Waals surface area contributed by atoms with Crippen molar-refractivity contribution in [2.45, 2.75) is 18.9 Å². The van der Waals surface area contributed by atoms with E-state index >= 15 is 0 Å². The maximum absolute atomic E-state index is 13.7. The first kappa shape index (κ1) is 11.7. The quantitative estimate of drug-likeness (QED) is 0.878. The summed E-state index contributed by atoms with van der Waals surface area (Å²) in [6, 6.07) is 13.8. The highest BCUT2D eigenvalue weighted by molar-refractivity contribution is 9.10. The van der Waals surface area contributed by atoms with Crippen molar-refractivity contribution in [2.24, 2.45) is 0 Å². The van der Waals surface area contributed by atoms with Gasteiger partial charge >= 0.3 is 0 Å². The molecule has 3 rings (SSSR count). The van der Waals surface area contributed by atoms with Gasteiger partial charge in [0.2, 0.25) is 0 Å². The first-order valence-corrected chi connectivity index (χ1v) is 6.80. The Morgan fingerprint density at radius 3 is 2.33 bits per heavy atom. The third-order valence-corrected chi connectivity index (χ3v) is 3.84.